The predicted molar refractivity (Wildman–Crippen MR) is 82.7 cm³/mol. The quantitative estimate of drug-likeness (QED) is 0.820. The SMILES string of the molecule is CC(C)CC(C)NS(=O)(=O)c1ccc(Cl)c(C(=O)O)c1Cl. The van der Waals surface area contributed by atoms with Gasteiger partial charge in [0.1, 0.15) is 4.90 Å². The Labute approximate surface area is 134 Å². The van der Waals surface area contributed by atoms with E-state index in [4.69, 9.17) is 28.3 Å². The van der Waals surface area contributed by atoms with Crippen molar-refractivity contribution in [2.24, 2.45) is 5.92 Å². The van der Waals surface area contributed by atoms with Crippen LogP contribution in [0.25, 0.3) is 0 Å². The molecule has 0 amide bonds. The smallest absolute Gasteiger partial charge is 0.338 e. The molecule has 1 aromatic rings. The van der Waals surface area contributed by atoms with Crippen LogP contribution in [0.4, 0.5) is 0 Å². The topological polar surface area (TPSA) is 83.5 Å². The Morgan fingerprint density at radius 2 is 1.86 bits per heavy atom. The van der Waals surface area contributed by atoms with Crippen LogP contribution < -0.4 is 4.72 Å². The first-order valence-electron chi connectivity index (χ1n) is 6.30. The van der Waals surface area contributed by atoms with Crippen molar-refractivity contribution < 1.29 is 18.3 Å². The highest BCUT2D eigenvalue weighted by Crippen LogP contribution is 2.31. The zero-order chi connectivity index (χ0) is 16.4. The number of halogens is 2. The number of carbonyl (C=O) groups is 1. The van der Waals surface area contributed by atoms with Crippen molar-refractivity contribution in [1.82, 2.24) is 4.72 Å². The van der Waals surface area contributed by atoms with Gasteiger partial charge in [-0.05, 0) is 31.4 Å². The third-order valence-electron chi connectivity index (χ3n) is 2.74. The zero-order valence-corrected chi connectivity index (χ0v) is 14.2. The third kappa shape index (κ3) is 4.57. The van der Waals surface area contributed by atoms with Crippen molar-refractivity contribution in [1.29, 1.82) is 0 Å². The highest BCUT2D eigenvalue weighted by atomic mass is 35.5. The van der Waals surface area contributed by atoms with Gasteiger partial charge in [-0.25, -0.2) is 17.9 Å². The summed E-state index contributed by atoms with van der Waals surface area (Å²) >= 11 is 11.6. The van der Waals surface area contributed by atoms with Crippen LogP contribution in [0.15, 0.2) is 17.0 Å². The molecule has 0 saturated heterocycles. The summed E-state index contributed by atoms with van der Waals surface area (Å²) < 4.78 is 27.1. The summed E-state index contributed by atoms with van der Waals surface area (Å²) in [6.07, 6.45) is 0.649. The summed E-state index contributed by atoms with van der Waals surface area (Å²) in [5.74, 6) is -1.06. The molecule has 0 aromatic heterocycles. The number of carboxylic acid groups (broad SMARTS) is 1. The lowest BCUT2D eigenvalue weighted by Crippen LogP contribution is -2.33. The van der Waals surface area contributed by atoms with Crippen LogP contribution in [-0.2, 0) is 10.0 Å². The van der Waals surface area contributed by atoms with Gasteiger partial charge in [-0.15, -0.1) is 0 Å². The van der Waals surface area contributed by atoms with E-state index in [1.54, 1.807) is 6.92 Å². The van der Waals surface area contributed by atoms with Gasteiger partial charge >= 0.3 is 5.97 Å². The Morgan fingerprint density at radius 1 is 1.29 bits per heavy atom. The average Bonchev–Trinajstić information content (AvgIpc) is 2.25. The maximum Gasteiger partial charge on any atom is 0.338 e. The van der Waals surface area contributed by atoms with Gasteiger partial charge in [0.05, 0.1) is 15.6 Å². The van der Waals surface area contributed by atoms with Crippen LogP contribution in [0.5, 0.6) is 0 Å². The summed E-state index contributed by atoms with van der Waals surface area (Å²) in [5, 5.41) is 8.55. The Bertz CT molecular complexity index is 644. The lowest BCUT2D eigenvalue weighted by molar-refractivity contribution is 0.0697. The first-order valence-corrected chi connectivity index (χ1v) is 8.53. The molecular weight excluding hydrogens is 337 g/mol. The molecule has 0 fully saturated rings. The summed E-state index contributed by atoms with van der Waals surface area (Å²) in [7, 11) is -3.91. The molecule has 0 bridgehead atoms. The molecular formula is C13H17Cl2NO4S. The maximum atomic E-state index is 12.3. The first-order chi connectivity index (χ1) is 9.56. The van der Waals surface area contributed by atoms with E-state index in [0.717, 1.165) is 0 Å². The lowest BCUT2D eigenvalue weighted by Gasteiger charge is -2.17. The zero-order valence-electron chi connectivity index (χ0n) is 11.9. The molecule has 1 aromatic carbocycles. The molecule has 0 radical (unpaired) electrons. The summed E-state index contributed by atoms with van der Waals surface area (Å²) in [6.45, 7) is 5.69. The fourth-order valence-electron chi connectivity index (χ4n) is 2.02. The first kappa shape index (κ1) is 18.2. The van der Waals surface area contributed by atoms with Gasteiger partial charge in [-0.3, -0.25) is 0 Å². The molecule has 0 spiro atoms. The van der Waals surface area contributed by atoms with Gasteiger partial charge in [0, 0.05) is 6.04 Å². The number of rotatable bonds is 6. The van der Waals surface area contributed by atoms with E-state index >= 15 is 0 Å². The standard InChI is InChI=1S/C13H17Cl2NO4S/c1-7(2)6-8(3)16-21(19,20)10-5-4-9(14)11(12(10)15)13(17)18/h4-5,7-8,16H,6H2,1-3H3,(H,17,18). The average molecular weight is 354 g/mol. The number of nitrogens with one attached hydrogen (secondary N) is 1. The molecule has 118 valence electrons. The normalized spacial score (nSPS) is 13.4. The Hall–Kier alpha value is -0.820. The Balaban J connectivity index is 3.21. The van der Waals surface area contributed by atoms with E-state index in [0.29, 0.717) is 12.3 Å². The van der Waals surface area contributed by atoms with E-state index in [1.807, 2.05) is 13.8 Å². The molecule has 0 aliphatic rings. The van der Waals surface area contributed by atoms with Crippen LogP contribution in [0.3, 0.4) is 0 Å². The number of sulfonamides is 1. The minimum atomic E-state index is -3.91. The van der Waals surface area contributed by atoms with Gasteiger partial charge in [0.25, 0.3) is 0 Å². The van der Waals surface area contributed by atoms with Crippen molar-refractivity contribution >= 4 is 39.2 Å². The van der Waals surface area contributed by atoms with E-state index in [-0.39, 0.29) is 21.0 Å². The number of hydrogen-bond donors (Lipinski definition) is 2. The monoisotopic (exact) mass is 353 g/mol. The van der Waals surface area contributed by atoms with Gasteiger partial charge in [-0.2, -0.15) is 0 Å². The minimum absolute atomic E-state index is 0.110. The summed E-state index contributed by atoms with van der Waals surface area (Å²) in [4.78, 5) is 10.8. The fraction of sp³-hybridized carbons (Fsp3) is 0.462. The van der Waals surface area contributed by atoms with Crippen LogP contribution >= 0.6 is 23.2 Å². The molecule has 8 heteroatoms. The highest BCUT2D eigenvalue weighted by Gasteiger charge is 2.26. The number of benzene rings is 1. The van der Waals surface area contributed by atoms with Crippen LogP contribution in [0, 0.1) is 5.92 Å². The van der Waals surface area contributed by atoms with Crippen molar-refractivity contribution in [2.45, 2.75) is 38.1 Å². The molecule has 0 saturated carbocycles. The lowest BCUT2D eigenvalue weighted by atomic mass is 10.1. The summed E-state index contributed by atoms with van der Waals surface area (Å²) in [6, 6.07) is 2.11. The van der Waals surface area contributed by atoms with E-state index in [1.165, 1.54) is 12.1 Å². The van der Waals surface area contributed by atoms with Crippen LogP contribution in [0.2, 0.25) is 10.0 Å². The number of carboxylic acids is 1. The largest absolute Gasteiger partial charge is 0.478 e. The molecule has 0 heterocycles. The van der Waals surface area contributed by atoms with E-state index < -0.39 is 21.6 Å². The maximum absolute atomic E-state index is 12.3. The third-order valence-corrected chi connectivity index (χ3v) is 5.19. The van der Waals surface area contributed by atoms with Gasteiger partial charge in [0.15, 0.2) is 0 Å². The second-order valence-corrected chi connectivity index (χ2v) is 7.66. The Morgan fingerprint density at radius 3 is 2.33 bits per heavy atom. The summed E-state index contributed by atoms with van der Waals surface area (Å²) in [5.41, 5.74) is -0.419. The van der Waals surface area contributed by atoms with Crippen molar-refractivity contribution in [2.75, 3.05) is 0 Å². The number of hydrogen-bond acceptors (Lipinski definition) is 3. The highest BCUT2D eigenvalue weighted by molar-refractivity contribution is 7.89. The predicted octanol–water partition coefficient (Wildman–Crippen LogP) is 3.40. The molecule has 2 N–H and O–H groups in total. The Kier molecular flexibility index (Phi) is 6.04. The van der Waals surface area contributed by atoms with Gasteiger partial charge in [0.2, 0.25) is 10.0 Å². The molecule has 0 aliphatic heterocycles. The second kappa shape index (κ2) is 6.96. The molecule has 21 heavy (non-hydrogen) atoms. The molecule has 5 nitrogen and oxygen atoms in total. The molecule has 1 unspecified atom stereocenters. The van der Waals surface area contributed by atoms with Crippen LogP contribution in [-0.4, -0.2) is 25.5 Å². The number of aromatic carboxylic acids is 1. The van der Waals surface area contributed by atoms with Crippen molar-refractivity contribution in [3.05, 3.63) is 27.7 Å². The molecule has 1 rings (SSSR count). The molecule has 1 atom stereocenters. The van der Waals surface area contributed by atoms with E-state index in [9.17, 15) is 13.2 Å². The minimum Gasteiger partial charge on any atom is -0.478 e. The van der Waals surface area contributed by atoms with Crippen molar-refractivity contribution in [3.63, 3.8) is 0 Å². The van der Waals surface area contributed by atoms with Gasteiger partial charge in [-0.1, -0.05) is 37.0 Å². The molecule has 0 aliphatic carbocycles. The van der Waals surface area contributed by atoms with Crippen molar-refractivity contribution in [3.8, 4) is 0 Å². The van der Waals surface area contributed by atoms with Crippen LogP contribution in [0.1, 0.15) is 37.6 Å². The van der Waals surface area contributed by atoms with E-state index in [2.05, 4.69) is 4.72 Å². The fourth-order valence-corrected chi connectivity index (χ4v) is 4.20. The second-order valence-electron chi connectivity index (χ2n) is 5.19. The van der Waals surface area contributed by atoms with Gasteiger partial charge < -0.3 is 5.11 Å².